The van der Waals surface area contributed by atoms with E-state index in [1.807, 2.05) is 0 Å². The van der Waals surface area contributed by atoms with Gasteiger partial charge in [-0.25, -0.2) is 4.79 Å². The Labute approximate surface area is 136 Å². The Morgan fingerprint density at radius 2 is 1.62 bits per heavy atom. The summed E-state index contributed by atoms with van der Waals surface area (Å²) in [6.07, 6.45) is 0. The number of urea groups is 1. The molecule has 5 N–H and O–H groups in total. The van der Waals surface area contributed by atoms with Crippen LogP contribution in [-0.2, 0) is 0 Å². The second-order valence-electron chi connectivity index (χ2n) is 5.12. The molecule has 7 nitrogen and oxygen atoms in total. The number of aromatic amines is 1. The van der Waals surface area contributed by atoms with Crippen LogP contribution in [0.3, 0.4) is 0 Å². The van der Waals surface area contributed by atoms with Crippen molar-refractivity contribution in [2.45, 2.75) is 0 Å². The van der Waals surface area contributed by atoms with Gasteiger partial charge in [-0.3, -0.25) is 9.59 Å². The van der Waals surface area contributed by atoms with E-state index < -0.39 is 11.9 Å². The van der Waals surface area contributed by atoms with Crippen molar-refractivity contribution in [1.29, 1.82) is 0 Å². The third kappa shape index (κ3) is 3.25. The van der Waals surface area contributed by atoms with E-state index in [1.54, 1.807) is 54.6 Å². The van der Waals surface area contributed by atoms with Crippen molar-refractivity contribution < 1.29 is 9.59 Å². The number of hydrogen-bond acceptors (Lipinski definition) is 3. The van der Waals surface area contributed by atoms with Crippen molar-refractivity contribution in [3.8, 4) is 0 Å². The van der Waals surface area contributed by atoms with Crippen molar-refractivity contribution in [2.24, 2.45) is 5.73 Å². The molecule has 7 heteroatoms. The Morgan fingerprint density at radius 1 is 0.917 bits per heavy atom. The molecule has 0 aliphatic heterocycles. The molecule has 0 aliphatic rings. The van der Waals surface area contributed by atoms with Crippen LogP contribution in [0.15, 0.2) is 59.4 Å². The second-order valence-corrected chi connectivity index (χ2v) is 5.12. The largest absolute Gasteiger partial charge is 0.351 e. The quantitative estimate of drug-likeness (QED) is 0.592. The molecule has 0 saturated carbocycles. The van der Waals surface area contributed by atoms with Crippen LogP contribution in [0.1, 0.15) is 10.5 Å². The first-order chi connectivity index (χ1) is 11.5. The van der Waals surface area contributed by atoms with Gasteiger partial charge in [-0.2, -0.15) is 0 Å². The zero-order valence-corrected chi connectivity index (χ0v) is 12.5. The number of primary amides is 1. The third-order valence-corrected chi connectivity index (χ3v) is 3.39. The van der Waals surface area contributed by atoms with E-state index in [0.717, 1.165) is 0 Å². The third-order valence-electron chi connectivity index (χ3n) is 3.39. The zero-order valence-electron chi connectivity index (χ0n) is 12.5. The summed E-state index contributed by atoms with van der Waals surface area (Å²) in [6.45, 7) is 0. The van der Waals surface area contributed by atoms with E-state index in [4.69, 9.17) is 5.73 Å². The van der Waals surface area contributed by atoms with Crippen LogP contribution in [0.4, 0.5) is 16.2 Å². The predicted octanol–water partition coefficient (Wildman–Crippen LogP) is 2.27. The van der Waals surface area contributed by atoms with Gasteiger partial charge >= 0.3 is 6.03 Å². The summed E-state index contributed by atoms with van der Waals surface area (Å²) in [6, 6.07) is 14.4. The molecular formula is C17H14N4O3. The highest BCUT2D eigenvalue weighted by Crippen LogP contribution is 2.16. The van der Waals surface area contributed by atoms with Crippen molar-refractivity contribution in [2.75, 3.05) is 10.6 Å². The van der Waals surface area contributed by atoms with Gasteiger partial charge < -0.3 is 21.4 Å². The molecule has 0 atom stereocenters. The number of benzene rings is 2. The van der Waals surface area contributed by atoms with Crippen molar-refractivity contribution in [3.05, 3.63) is 70.6 Å². The average molecular weight is 322 g/mol. The minimum atomic E-state index is -0.697. The van der Waals surface area contributed by atoms with Gasteiger partial charge in [-0.05, 0) is 35.7 Å². The van der Waals surface area contributed by atoms with E-state index in [2.05, 4.69) is 15.6 Å². The number of anilines is 2. The molecule has 0 fully saturated rings. The van der Waals surface area contributed by atoms with Gasteiger partial charge in [-0.15, -0.1) is 0 Å². The van der Waals surface area contributed by atoms with Crippen molar-refractivity contribution >= 4 is 34.1 Å². The van der Waals surface area contributed by atoms with Crippen LogP contribution in [0.5, 0.6) is 0 Å². The number of nitrogens with two attached hydrogens (primary N) is 1. The molecule has 1 aromatic heterocycles. The number of aromatic nitrogens is 1. The van der Waals surface area contributed by atoms with Gasteiger partial charge in [0.15, 0.2) is 0 Å². The molecule has 1 heterocycles. The van der Waals surface area contributed by atoms with E-state index in [1.165, 1.54) is 0 Å². The van der Waals surface area contributed by atoms with Gasteiger partial charge in [0.2, 0.25) is 0 Å². The SMILES string of the molecule is NC(=O)Nc1cccc(NC(=O)c2cc3ccccc3c(=O)[nH]2)c1. The lowest BCUT2D eigenvalue weighted by atomic mass is 10.1. The molecule has 0 aliphatic carbocycles. The molecule has 3 aromatic rings. The summed E-state index contributed by atoms with van der Waals surface area (Å²) >= 11 is 0. The monoisotopic (exact) mass is 322 g/mol. The number of hydrogen-bond donors (Lipinski definition) is 4. The maximum Gasteiger partial charge on any atom is 0.316 e. The molecule has 2 aromatic carbocycles. The van der Waals surface area contributed by atoms with Gasteiger partial charge in [0.25, 0.3) is 11.5 Å². The molecule has 3 amide bonds. The van der Waals surface area contributed by atoms with Crippen molar-refractivity contribution in [3.63, 3.8) is 0 Å². The summed E-state index contributed by atoms with van der Waals surface area (Å²) in [4.78, 5) is 37.8. The second kappa shape index (κ2) is 6.25. The van der Waals surface area contributed by atoms with Crippen LogP contribution >= 0.6 is 0 Å². The first kappa shape index (κ1) is 15.3. The number of pyridine rings is 1. The Kier molecular flexibility index (Phi) is 3.98. The molecule has 0 unspecified atom stereocenters. The van der Waals surface area contributed by atoms with E-state index in [0.29, 0.717) is 22.1 Å². The molecule has 3 rings (SSSR count). The van der Waals surface area contributed by atoms with Crippen LogP contribution in [0.25, 0.3) is 10.8 Å². The highest BCUT2D eigenvalue weighted by Gasteiger charge is 2.10. The standard InChI is InChI=1S/C17H14N4O3/c18-17(24)20-12-6-3-5-11(9-12)19-16(23)14-8-10-4-1-2-7-13(10)15(22)21-14/h1-9H,(H,19,23)(H,21,22)(H3,18,20,24). The first-order valence-corrected chi connectivity index (χ1v) is 7.13. The van der Waals surface area contributed by atoms with Crippen LogP contribution in [-0.4, -0.2) is 16.9 Å². The Morgan fingerprint density at radius 3 is 2.38 bits per heavy atom. The van der Waals surface area contributed by atoms with E-state index in [9.17, 15) is 14.4 Å². The lowest BCUT2D eigenvalue weighted by Gasteiger charge is -2.08. The normalized spacial score (nSPS) is 10.3. The molecule has 24 heavy (non-hydrogen) atoms. The number of rotatable bonds is 3. The molecule has 0 radical (unpaired) electrons. The van der Waals surface area contributed by atoms with Gasteiger partial charge in [0, 0.05) is 16.8 Å². The van der Waals surface area contributed by atoms with Gasteiger partial charge in [-0.1, -0.05) is 24.3 Å². The number of H-pyrrole nitrogens is 1. The first-order valence-electron chi connectivity index (χ1n) is 7.13. The number of carbonyl (C=O) groups is 2. The summed E-state index contributed by atoms with van der Waals surface area (Å²) < 4.78 is 0. The van der Waals surface area contributed by atoms with Crippen LogP contribution < -0.4 is 21.9 Å². The Balaban J connectivity index is 1.87. The summed E-state index contributed by atoms with van der Waals surface area (Å²) in [7, 11) is 0. The molecular weight excluding hydrogens is 308 g/mol. The molecule has 120 valence electrons. The highest BCUT2D eigenvalue weighted by atomic mass is 16.2. The highest BCUT2D eigenvalue weighted by molar-refractivity contribution is 6.05. The van der Waals surface area contributed by atoms with Crippen LogP contribution in [0, 0.1) is 0 Å². The maximum atomic E-state index is 12.4. The fourth-order valence-electron chi connectivity index (χ4n) is 2.35. The number of nitrogens with one attached hydrogen (secondary N) is 3. The topological polar surface area (TPSA) is 117 Å². The Bertz CT molecular complexity index is 994. The van der Waals surface area contributed by atoms with Gasteiger partial charge in [0.05, 0.1) is 0 Å². The average Bonchev–Trinajstić information content (AvgIpc) is 2.54. The van der Waals surface area contributed by atoms with Crippen LogP contribution in [0.2, 0.25) is 0 Å². The summed E-state index contributed by atoms with van der Waals surface area (Å²) in [5.41, 5.74) is 5.78. The predicted molar refractivity (Wildman–Crippen MR) is 92.2 cm³/mol. The number of carbonyl (C=O) groups excluding carboxylic acids is 2. The number of fused-ring (bicyclic) bond motifs is 1. The van der Waals surface area contributed by atoms with E-state index >= 15 is 0 Å². The number of amides is 3. The van der Waals surface area contributed by atoms with Gasteiger partial charge in [0.1, 0.15) is 5.69 Å². The lowest BCUT2D eigenvalue weighted by Crippen LogP contribution is -2.20. The van der Waals surface area contributed by atoms with E-state index in [-0.39, 0.29) is 11.3 Å². The Hall–Kier alpha value is -3.61. The summed E-state index contributed by atoms with van der Waals surface area (Å²) in [5.74, 6) is -0.464. The maximum absolute atomic E-state index is 12.4. The zero-order chi connectivity index (χ0) is 17.1. The smallest absolute Gasteiger partial charge is 0.316 e. The van der Waals surface area contributed by atoms with Crippen molar-refractivity contribution in [1.82, 2.24) is 4.98 Å². The molecule has 0 spiro atoms. The molecule has 0 saturated heterocycles. The minimum Gasteiger partial charge on any atom is -0.351 e. The summed E-state index contributed by atoms with van der Waals surface area (Å²) in [5, 5.41) is 6.28. The fraction of sp³-hybridized carbons (Fsp3) is 0. The minimum absolute atomic E-state index is 0.145. The molecule has 0 bridgehead atoms. The fourth-order valence-corrected chi connectivity index (χ4v) is 2.35. The lowest BCUT2D eigenvalue weighted by molar-refractivity contribution is 0.102.